The van der Waals surface area contributed by atoms with E-state index in [2.05, 4.69) is 0 Å². The molecule has 0 unspecified atom stereocenters. The van der Waals surface area contributed by atoms with Gasteiger partial charge < -0.3 is 16.4 Å². The van der Waals surface area contributed by atoms with Crippen molar-refractivity contribution in [2.75, 3.05) is 18.5 Å². The number of benzene rings is 1. The summed E-state index contributed by atoms with van der Waals surface area (Å²) in [5.74, 6) is -0.827. The summed E-state index contributed by atoms with van der Waals surface area (Å²) in [5.41, 5.74) is 11.4. The van der Waals surface area contributed by atoms with E-state index in [-0.39, 0.29) is 18.9 Å². The lowest BCUT2D eigenvalue weighted by atomic mass is 10.2. The minimum atomic E-state index is -0.458. The summed E-state index contributed by atoms with van der Waals surface area (Å²) >= 11 is 0. The van der Waals surface area contributed by atoms with E-state index in [1.54, 1.807) is 24.1 Å². The molecule has 0 spiro atoms. The number of carbonyl (C=O) groups excluding carboxylic acids is 1. The summed E-state index contributed by atoms with van der Waals surface area (Å²) in [6, 6.07) is 4.64. The monoisotopic (exact) mass is 211 g/mol. The van der Waals surface area contributed by atoms with Crippen LogP contribution >= 0.6 is 0 Å². The fraction of sp³-hybridized carbons (Fsp3) is 0.300. The highest BCUT2D eigenvalue weighted by Crippen LogP contribution is 2.16. The van der Waals surface area contributed by atoms with E-state index >= 15 is 0 Å². The Morgan fingerprint density at radius 1 is 1.53 bits per heavy atom. The number of amides is 1. The van der Waals surface area contributed by atoms with Gasteiger partial charge in [-0.15, -0.1) is 0 Å². The van der Waals surface area contributed by atoms with Gasteiger partial charge in [0.25, 0.3) is 0 Å². The van der Waals surface area contributed by atoms with Gasteiger partial charge in [0.1, 0.15) is 5.82 Å². The van der Waals surface area contributed by atoms with E-state index in [1.807, 2.05) is 0 Å². The van der Waals surface area contributed by atoms with Crippen LogP contribution in [0.1, 0.15) is 5.56 Å². The molecule has 4 nitrogen and oxygen atoms in total. The van der Waals surface area contributed by atoms with Crippen molar-refractivity contribution >= 4 is 11.6 Å². The summed E-state index contributed by atoms with van der Waals surface area (Å²) < 4.78 is 13.3. The average Bonchev–Trinajstić information content (AvgIpc) is 2.16. The molecule has 1 aromatic carbocycles. The van der Waals surface area contributed by atoms with Crippen LogP contribution in [0.3, 0.4) is 0 Å². The molecule has 0 aliphatic heterocycles. The van der Waals surface area contributed by atoms with Crippen LogP contribution < -0.4 is 16.4 Å². The molecule has 0 aromatic heterocycles. The predicted molar refractivity (Wildman–Crippen MR) is 56.8 cm³/mol. The van der Waals surface area contributed by atoms with E-state index in [9.17, 15) is 9.18 Å². The van der Waals surface area contributed by atoms with Crippen molar-refractivity contribution in [3.8, 4) is 0 Å². The van der Waals surface area contributed by atoms with E-state index in [0.717, 1.165) is 0 Å². The maximum Gasteiger partial charge on any atom is 0.236 e. The number of anilines is 1. The third-order valence-electron chi connectivity index (χ3n) is 2.09. The molecule has 0 atom stereocenters. The molecule has 1 aromatic rings. The number of likely N-dealkylation sites (N-methyl/N-ethyl adjacent to an activating group) is 1. The fourth-order valence-corrected chi connectivity index (χ4v) is 1.26. The number of rotatable bonds is 4. The van der Waals surface area contributed by atoms with E-state index in [4.69, 9.17) is 11.5 Å². The van der Waals surface area contributed by atoms with Crippen molar-refractivity contribution in [1.29, 1.82) is 0 Å². The lowest BCUT2D eigenvalue weighted by molar-refractivity contribution is -0.116. The molecule has 1 amide bonds. The second kappa shape index (κ2) is 4.75. The summed E-state index contributed by atoms with van der Waals surface area (Å²) in [6.45, 7) is 0.215. The Balaban J connectivity index is 2.87. The third kappa shape index (κ3) is 2.92. The number of nitrogens with two attached hydrogens (primary N) is 2. The standard InChI is InChI=1S/C10H14FN3O/c1-14(6-10(13)15)8-3-2-7(5-12)9(11)4-8/h2-4H,5-6,12H2,1H3,(H2,13,15). The molecule has 0 aliphatic rings. The molecule has 15 heavy (non-hydrogen) atoms. The third-order valence-corrected chi connectivity index (χ3v) is 2.09. The van der Waals surface area contributed by atoms with Crippen molar-refractivity contribution in [2.45, 2.75) is 6.54 Å². The Kier molecular flexibility index (Phi) is 3.62. The van der Waals surface area contributed by atoms with E-state index in [1.165, 1.54) is 6.07 Å². The highest BCUT2D eigenvalue weighted by Gasteiger charge is 2.07. The van der Waals surface area contributed by atoms with Crippen molar-refractivity contribution in [3.63, 3.8) is 0 Å². The highest BCUT2D eigenvalue weighted by atomic mass is 19.1. The molecule has 4 N–H and O–H groups in total. The molecule has 5 heteroatoms. The van der Waals surface area contributed by atoms with E-state index in [0.29, 0.717) is 11.3 Å². The second-order valence-electron chi connectivity index (χ2n) is 3.30. The van der Waals surface area contributed by atoms with Gasteiger partial charge in [-0.05, 0) is 12.1 Å². The highest BCUT2D eigenvalue weighted by molar-refractivity contribution is 5.79. The Hall–Kier alpha value is -1.62. The minimum Gasteiger partial charge on any atom is -0.368 e. The summed E-state index contributed by atoms with van der Waals surface area (Å²) in [6.07, 6.45) is 0. The van der Waals surface area contributed by atoms with Gasteiger partial charge in [0, 0.05) is 24.8 Å². The number of hydrogen-bond acceptors (Lipinski definition) is 3. The van der Waals surface area contributed by atoms with Gasteiger partial charge in [-0.2, -0.15) is 0 Å². The molecule has 0 aliphatic carbocycles. The van der Waals surface area contributed by atoms with Crippen molar-refractivity contribution in [3.05, 3.63) is 29.6 Å². The first-order valence-corrected chi connectivity index (χ1v) is 4.52. The number of halogens is 1. The minimum absolute atomic E-state index is 0.0570. The lowest BCUT2D eigenvalue weighted by Crippen LogP contribution is -2.30. The number of nitrogens with zero attached hydrogens (tertiary/aromatic N) is 1. The molecule has 0 heterocycles. The number of primary amides is 1. The maximum atomic E-state index is 13.3. The normalized spacial score (nSPS) is 10.1. The number of hydrogen-bond donors (Lipinski definition) is 2. The maximum absolute atomic E-state index is 13.3. The Morgan fingerprint density at radius 2 is 2.20 bits per heavy atom. The Labute approximate surface area is 87.7 Å². The van der Waals surface area contributed by atoms with Crippen LogP contribution in [-0.2, 0) is 11.3 Å². The zero-order chi connectivity index (χ0) is 11.4. The topological polar surface area (TPSA) is 72.3 Å². The van der Waals surface area contributed by atoms with Gasteiger partial charge in [-0.1, -0.05) is 6.07 Å². The first-order chi connectivity index (χ1) is 7.04. The first-order valence-electron chi connectivity index (χ1n) is 4.52. The lowest BCUT2D eigenvalue weighted by Gasteiger charge is -2.17. The van der Waals surface area contributed by atoms with Gasteiger partial charge >= 0.3 is 0 Å². The van der Waals surface area contributed by atoms with Crippen LogP contribution in [0, 0.1) is 5.82 Å². The van der Waals surface area contributed by atoms with Crippen LogP contribution in [0.4, 0.5) is 10.1 Å². The van der Waals surface area contributed by atoms with Gasteiger partial charge in [-0.25, -0.2) is 4.39 Å². The van der Waals surface area contributed by atoms with Crippen LogP contribution in [0.2, 0.25) is 0 Å². The quantitative estimate of drug-likeness (QED) is 0.747. The molecule has 1 rings (SSSR count). The van der Waals surface area contributed by atoms with Crippen LogP contribution in [-0.4, -0.2) is 19.5 Å². The Bertz CT molecular complexity index is 368. The van der Waals surface area contributed by atoms with Gasteiger partial charge in [0.15, 0.2) is 0 Å². The van der Waals surface area contributed by atoms with Gasteiger partial charge in [-0.3, -0.25) is 4.79 Å². The molecule has 0 saturated heterocycles. The van der Waals surface area contributed by atoms with Crippen molar-refractivity contribution in [2.24, 2.45) is 11.5 Å². The van der Waals surface area contributed by atoms with Crippen LogP contribution in [0.5, 0.6) is 0 Å². The predicted octanol–water partition coefficient (Wildman–Crippen LogP) is 0.206. The largest absolute Gasteiger partial charge is 0.368 e. The number of carbonyl (C=O) groups is 1. The molecule has 82 valence electrons. The smallest absolute Gasteiger partial charge is 0.236 e. The van der Waals surface area contributed by atoms with Crippen LogP contribution in [0.25, 0.3) is 0 Å². The summed E-state index contributed by atoms with van der Waals surface area (Å²) in [4.78, 5) is 12.2. The summed E-state index contributed by atoms with van der Waals surface area (Å²) in [7, 11) is 1.67. The molecule has 0 saturated carbocycles. The molecule has 0 fully saturated rings. The molecule has 0 bridgehead atoms. The first kappa shape index (κ1) is 11.5. The zero-order valence-electron chi connectivity index (χ0n) is 8.53. The van der Waals surface area contributed by atoms with Gasteiger partial charge in [0.2, 0.25) is 5.91 Å². The average molecular weight is 211 g/mol. The van der Waals surface area contributed by atoms with Crippen molar-refractivity contribution in [1.82, 2.24) is 0 Å². The summed E-state index contributed by atoms with van der Waals surface area (Å²) in [5, 5.41) is 0. The van der Waals surface area contributed by atoms with Crippen LogP contribution in [0.15, 0.2) is 18.2 Å². The van der Waals surface area contributed by atoms with Gasteiger partial charge in [0.05, 0.1) is 6.54 Å². The van der Waals surface area contributed by atoms with E-state index < -0.39 is 5.91 Å². The Morgan fingerprint density at radius 3 is 2.67 bits per heavy atom. The fourth-order valence-electron chi connectivity index (χ4n) is 1.26. The molecule has 0 radical (unpaired) electrons. The SMILES string of the molecule is CN(CC(N)=O)c1ccc(CN)c(F)c1. The molecular weight excluding hydrogens is 197 g/mol. The second-order valence-corrected chi connectivity index (χ2v) is 3.30. The zero-order valence-corrected chi connectivity index (χ0v) is 8.53. The molecular formula is C10H14FN3O. The van der Waals surface area contributed by atoms with Crippen molar-refractivity contribution < 1.29 is 9.18 Å².